The summed E-state index contributed by atoms with van der Waals surface area (Å²) in [4.78, 5) is 28.3. The number of amides is 2. The standard InChI is InChI=1S/C22H28N4O2/c1-16(2)22(28)25-14-12-24(13-15-25)21(27)11-10-20-17(3)23-26(18(20)4)19-8-6-5-7-9-19/h5-11,16H,12-15H2,1-4H3. The fraction of sp³-hybridized carbons (Fsp3) is 0.409. The van der Waals surface area contributed by atoms with Gasteiger partial charge in [-0.15, -0.1) is 0 Å². The van der Waals surface area contributed by atoms with Gasteiger partial charge in [-0.05, 0) is 32.1 Å². The Morgan fingerprint density at radius 3 is 2.21 bits per heavy atom. The lowest BCUT2D eigenvalue weighted by molar-refractivity contribution is -0.139. The first-order chi connectivity index (χ1) is 13.4. The van der Waals surface area contributed by atoms with Crippen molar-refractivity contribution >= 4 is 17.9 Å². The Balaban J connectivity index is 1.67. The highest BCUT2D eigenvalue weighted by atomic mass is 16.2. The number of carbonyl (C=O) groups is 2. The van der Waals surface area contributed by atoms with E-state index in [0.717, 1.165) is 22.6 Å². The van der Waals surface area contributed by atoms with Crippen molar-refractivity contribution in [3.05, 3.63) is 53.4 Å². The highest BCUT2D eigenvalue weighted by molar-refractivity contribution is 5.92. The summed E-state index contributed by atoms with van der Waals surface area (Å²) < 4.78 is 1.90. The van der Waals surface area contributed by atoms with Crippen LogP contribution in [0.5, 0.6) is 0 Å². The minimum absolute atomic E-state index is 0.00532. The summed E-state index contributed by atoms with van der Waals surface area (Å²) in [5.74, 6) is 0.124. The van der Waals surface area contributed by atoms with Gasteiger partial charge in [0.15, 0.2) is 0 Å². The van der Waals surface area contributed by atoms with Gasteiger partial charge < -0.3 is 9.80 Å². The predicted molar refractivity (Wildman–Crippen MR) is 110 cm³/mol. The van der Waals surface area contributed by atoms with Crippen LogP contribution in [0.1, 0.15) is 30.8 Å². The molecule has 148 valence electrons. The molecule has 0 aliphatic carbocycles. The Hall–Kier alpha value is -2.89. The second kappa shape index (κ2) is 8.42. The number of nitrogens with zero attached hydrogens (tertiary/aromatic N) is 4. The Morgan fingerprint density at radius 2 is 1.61 bits per heavy atom. The highest BCUT2D eigenvalue weighted by Gasteiger charge is 2.24. The molecule has 0 spiro atoms. The van der Waals surface area contributed by atoms with Gasteiger partial charge in [-0.25, -0.2) is 4.68 Å². The zero-order valence-electron chi connectivity index (χ0n) is 17.1. The first-order valence-corrected chi connectivity index (χ1v) is 9.76. The minimum Gasteiger partial charge on any atom is -0.339 e. The van der Waals surface area contributed by atoms with Gasteiger partial charge in [-0.2, -0.15) is 5.10 Å². The van der Waals surface area contributed by atoms with Crippen LogP contribution in [0.25, 0.3) is 11.8 Å². The predicted octanol–water partition coefficient (Wildman–Crippen LogP) is 2.83. The van der Waals surface area contributed by atoms with Crippen molar-refractivity contribution in [2.75, 3.05) is 26.2 Å². The molecule has 1 aromatic carbocycles. The van der Waals surface area contributed by atoms with E-state index in [2.05, 4.69) is 5.10 Å². The summed E-state index contributed by atoms with van der Waals surface area (Å²) in [6, 6.07) is 9.96. The van der Waals surface area contributed by atoms with Crippen LogP contribution in [0.15, 0.2) is 36.4 Å². The van der Waals surface area contributed by atoms with Crippen LogP contribution in [-0.2, 0) is 9.59 Å². The van der Waals surface area contributed by atoms with Gasteiger partial charge in [0, 0.05) is 49.4 Å². The molecule has 6 nitrogen and oxygen atoms in total. The van der Waals surface area contributed by atoms with Crippen LogP contribution < -0.4 is 0 Å². The van der Waals surface area contributed by atoms with E-state index in [9.17, 15) is 9.59 Å². The van der Waals surface area contributed by atoms with E-state index in [4.69, 9.17) is 0 Å². The molecule has 2 amide bonds. The highest BCUT2D eigenvalue weighted by Crippen LogP contribution is 2.19. The molecule has 0 unspecified atom stereocenters. The van der Waals surface area contributed by atoms with Crippen molar-refractivity contribution in [2.24, 2.45) is 5.92 Å². The van der Waals surface area contributed by atoms with E-state index in [1.165, 1.54) is 0 Å². The molecule has 1 fully saturated rings. The fourth-order valence-electron chi connectivity index (χ4n) is 3.49. The van der Waals surface area contributed by atoms with Crippen LogP contribution in [0.2, 0.25) is 0 Å². The molecule has 1 aliphatic rings. The van der Waals surface area contributed by atoms with Crippen LogP contribution in [-0.4, -0.2) is 57.6 Å². The van der Waals surface area contributed by atoms with Gasteiger partial charge in [0.2, 0.25) is 11.8 Å². The fourth-order valence-corrected chi connectivity index (χ4v) is 3.49. The van der Waals surface area contributed by atoms with Crippen molar-refractivity contribution in [3.8, 4) is 5.69 Å². The molecule has 1 saturated heterocycles. The monoisotopic (exact) mass is 380 g/mol. The van der Waals surface area contributed by atoms with Gasteiger partial charge in [-0.1, -0.05) is 32.0 Å². The molecule has 0 bridgehead atoms. The maximum absolute atomic E-state index is 12.6. The average molecular weight is 380 g/mol. The molecule has 3 rings (SSSR count). The quantitative estimate of drug-likeness (QED) is 0.767. The number of hydrogen-bond donors (Lipinski definition) is 0. The third-order valence-corrected chi connectivity index (χ3v) is 5.14. The second-order valence-corrected chi connectivity index (χ2v) is 7.47. The summed E-state index contributed by atoms with van der Waals surface area (Å²) in [6.07, 6.45) is 3.47. The van der Waals surface area contributed by atoms with Crippen molar-refractivity contribution in [1.29, 1.82) is 0 Å². The van der Waals surface area contributed by atoms with Crippen molar-refractivity contribution < 1.29 is 9.59 Å². The molecule has 0 N–H and O–H groups in total. The second-order valence-electron chi connectivity index (χ2n) is 7.47. The van der Waals surface area contributed by atoms with Gasteiger partial charge in [0.1, 0.15) is 0 Å². The first-order valence-electron chi connectivity index (χ1n) is 9.76. The maximum atomic E-state index is 12.6. The lowest BCUT2D eigenvalue weighted by atomic mass is 10.1. The van der Waals surface area contributed by atoms with Gasteiger partial charge in [0.25, 0.3) is 0 Å². The van der Waals surface area contributed by atoms with E-state index in [-0.39, 0.29) is 17.7 Å². The van der Waals surface area contributed by atoms with E-state index >= 15 is 0 Å². The summed E-state index contributed by atoms with van der Waals surface area (Å²) >= 11 is 0. The molecule has 0 saturated carbocycles. The molecule has 2 aromatic rings. The average Bonchev–Trinajstić information content (AvgIpc) is 3.00. The molecule has 28 heavy (non-hydrogen) atoms. The van der Waals surface area contributed by atoms with Crippen LogP contribution >= 0.6 is 0 Å². The van der Waals surface area contributed by atoms with Crippen molar-refractivity contribution in [3.63, 3.8) is 0 Å². The Labute approximate surface area is 166 Å². The van der Waals surface area contributed by atoms with Gasteiger partial charge in [-0.3, -0.25) is 9.59 Å². The van der Waals surface area contributed by atoms with E-state index in [1.54, 1.807) is 11.0 Å². The lowest BCUT2D eigenvalue weighted by Gasteiger charge is -2.35. The zero-order chi connectivity index (χ0) is 20.3. The number of aromatic nitrogens is 2. The number of para-hydroxylation sites is 1. The van der Waals surface area contributed by atoms with Gasteiger partial charge in [0.05, 0.1) is 11.4 Å². The molecule has 1 aromatic heterocycles. The molecule has 0 atom stereocenters. The number of aryl methyl sites for hydroxylation is 1. The number of benzene rings is 1. The summed E-state index contributed by atoms with van der Waals surface area (Å²) in [5.41, 5.74) is 3.85. The molecule has 6 heteroatoms. The number of carbonyl (C=O) groups excluding carboxylic acids is 2. The van der Waals surface area contributed by atoms with Crippen LogP contribution in [0, 0.1) is 19.8 Å². The zero-order valence-corrected chi connectivity index (χ0v) is 17.1. The SMILES string of the molecule is Cc1nn(-c2ccccc2)c(C)c1C=CC(=O)N1CCN(C(=O)C(C)C)CC1. The van der Waals surface area contributed by atoms with Crippen LogP contribution in [0.3, 0.4) is 0 Å². The number of rotatable bonds is 4. The normalized spacial score (nSPS) is 14.9. The lowest BCUT2D eigenvalue weighted by Crippen LogP contribution is -2.51. The Morgan fingerprint density at radius 1 is 1.00 bits per heavy atom. The topological polar surface area (TPSA) is 58.4 Å². The molecular weight excluding hydrogens is 352 g/mol. The summed E-state index contributed by atoms with van der Waals surface area (Å²) in [5, 5.41) is 4.61. The van der Waals surface area contributed by atoms with E-state index in [1.807, 2.05) is 73.7 Å². The number of hydrogen-bond acceptors (Lipinski definition) is 3. The van der Waals surface area contributed by atoms with Crippen molar-refractivity contribution in [1.82, 2.24) is 19.6 Å². The maximum Gasteiger partial charge on any atom is 0.246 e. The number of piperazine rings is 1. The third kappa shape index (κ3) is 4.16. The van der Waals surface area contributed by atoms with E-state index < -0.39 is 0 Å². The Bertz CT molecular complexity index is 875. The molecule has 0 radical (unpaired) electrons. The first kappa shape index (κ1) is 19.9. The Kier molecular flexibility index (Phi) is 5.97. The summed E-state index contributed by atoms with van der Waals surface area (Å²) in [6.45, 7) is 10.1. The van der Waals surface area contributed by atoms with Gasteiger partial charge >= 0.3 is 0 Å². The van der Waals surface area contributed by atoms with E-state index in [0.29, 0.717) is 26.2 Å². The minimum atomic E-state index is -0.0251. The largest absolute Gasteiger partial charge is 0.339 e. The molecular formula is C22H28N4O2. The smallest absolute Gasteiger partial charge is 0.246 e. The van der Waals surface area contributed by atoms with Crippen LogP contribution in [0.4, 0.5) is 0 Å². The molecule has 1 aliphatic heterocycles. The summed E-state index contributed by atoms with van der Waals surface area (Å²) in [7, 11) is 0. The third-order valence-electron chi connectivity index (χ3n) is 5.14. The van der Waals surface area contributed by atoms with Crippen molar-refractivity contribution in [2.45, 2.75) is 27.7 Å². The molecule has 2 heterocycles.